The lowest BCUT2D eigenvalue weighted by atomic mass is 10.2. The van der Waals surface area contributed by atoms with Crippen molar-refractivity contribution >= 4 is 16.0 Å². The summed E-state index contributed by atoms with van der Waals surface area (Å²) in [5.74, 6) is -0.454. The fourth-order valence-corrected chi connectivity index (χ4v) is 3.82. The van der Waals surface area contributed by atoms with Gasteiger partial charge in [0.25, 0.3) is 0 Å². The van der Waals surface area contributed by atoms with Gasteiger partial charge in [0.1, 0.15) is 6.04 Å². The van der Waals surface area contributed by atoms with Gasteiger partial charge in [0, 0.05) is 19.1 Å². The molecule has 1 fully saturated rings. The number of carbonyl (C=O) groups is 1. The fourth-order valence-electron chi connectivity index (χ4n) is 2.26. The number of esters is 1. The molecule has 2 atom stereocenters. The minimum atomic E-state index is -3.58. The van der Waals surface area contributed by atoms with Gasteiger partial charge in [0.05, 0.1) is 12.0 Å². The SMILES string of the molecule is COC(=O)C1CN(S(=O)(=O)c2ccccc2)CC(C)N1. The molecule has 0 bridgehead atoms. The molecule has 20 heavy (non-hydrogen) atoms. The zero-order chi connectivity index (χ0) is 14.8. The van der Waals surface area contributed by atoms with Crippen molar-refractivity contribution in [1.29, 1.82) is 0 Å². The Bertz CT molecular complexity index is 573. The average molecular weight is 298 g/mol. The molecule has 0 spiro atoms. The van der Waals surface area contributed by atoms with Gasteiger partial charge in [-0.05, 0) is 19.1 Å². The number of ether oxygens (including phenoxy) is 1. The van der Waals surface area contributed by atoms with Crippen LogP contribution >= 0.6 is 0 Å². The molecule has 110 valence electrons. The van der Waals surface area contributed by atoms with E-state index in [2.05, 4.69) is 10.1 Å². The molecule has 1 aliphatic heterocycles. The smallest absolute Gasteiger partial charge is 0.324 e. The van der Waals surface area contributed by atoms with Crippen LogP contribution in [0.25, 0.3) is 0 Å². The maximum Gasteiger partial charge on any atom is 0.324 e. The number of rotatable bonds is 3. The van der Waals surface area contributed by atoms with E-state index in [1.54, 1.807) is 30.3 Å². The fraction of sp³-hybridized carbons (Fsp3) is 0.462. The third-order valence-electron chi connectivity index (χ3n) is 3.22. The molecule has 2 rings (SSSR count). The number of nitrogens with zero attached hydrogens (tertiary/aromatic N) is 1. The molecule has 7 heteroatoms. The molecule has 1 N–H and O–H groups in total. The summed E-state index contributed by atoms with van der Waals surface area (Å²) < 4.78 is 31.1. The zero-order valence-electron chi connectivity index (χ0n) is 11.4. The minimum absolute atomic E-state index is 0.0776. The lowest BCUT2D eigenvalue weighted by Crippen LogP contribution is -2.59. The van der Waals surface area contributed by atoms with Crippen LogP contribution in [0, 0.1) is 0 Å². The first-order valence-corrected chi connectivity index (χ1v) is 7.78. The highest BCUT2D eigenvalue weighted by Crippen LogP contribution is 2.18. The maximum absolute atomic E-state index is 12.5. The van der Waals surface area contributed by atoms with Crippen LogP contribution in [-0.4, -0.2) is 51.0 Å². The van der Waals surface area contributed by atoms with Gasteiger partial charge >= 0.3 is 5.97 Å². The summed E-state index contributed by atoms with van der Waals surface area (Å²) in [5.41, 5.74) is 0. The molecule has 0 aromatic heterocycles. The van der Waals surface area contributed by atoms with Gasteiger partial charge < -0.3 is 4.74 Å². The lowest BCUT2D eigenvalue weighted by molar-refractivity contribution is -0.144. The van der Waals surface area contributed by atoms with Crippen molar-refractivity contribution in [2.45, 2.75) is 23.9 Å². The van der Waals surface area contributed by atoms with Crippen molar-refractivity contribution in [2.24, 2.45) is 0 Å². The van der Waals surface area contributed by atoms with Crippen molar-refractivity contribution in [3.05, 3.63) is 30.3 Å². The normalized spacial score (nSPS) is 24.3. The molecule has 0 amide bonds. The molecule has 1 aromatic rings. The second-order valence-corrected chi connectivity index (χ2v) is 6.72. The van der Waals surface area contributed by atoms with Gasteiger partial charge in [-0.1, -0.05) is 18.2 Å². The van der Waals surface area contributed by atoms with Crippen molar-refractivity contribution in [2.75, 3.05) is 20.2 Å². The van der Waals surface area contributed by atoms with E-state index in [0.717, 1.165) is 0 Å². The number of methoxy groups -OCH3 is 1. The number of hydrogen-bond acceptors (Lipinski definition) is 5. The topological polar surface area (TPSA) is 75.7 Å². The van der Waals surface area contributed by atoms with E-state index >= 15 is 0 Å². The van der Waals surface area contributed by atoms with Crippen LogP contribution in [0.15, 0.2) is 35.2 Å². The number of carbonyl (C=O) groups excluding carboxylic acids is 1. The van der Waals surface area contributed by atoms with E-state index in [0.29, 0.717) is 6.54 Å². The molecular formula is C13H18N2O4S. The molecule has 0 radical (unpaired) electrons. The van der Waals surface area contributed by atoms with E-state index in [9.17, 15) is 13.2 Å². The first kappa shape index (κ1) is 15.0. The van der Waals surface area contributed by atoms with Crippen molar-refractivity contribution < 1.29 is 17.9 Å². The van der Waals surface area contributed by atoms with Gasteiger partial charge in [-0.15, -0.1) is 0 Å². The van der Waals surface area contributed by atoms with Gasteiger partial charge in [0.2, 0.25) is 10.0 Å². The third kappa shape index (κ3) is 3.00. The van der Waals surface area contributed by atoms with Gasteiger partial charge in [0.15, 0.2) is 0 Å². The number of hydrogen-bond donors (Lipinski definition) is 1. The third-order valence-corrected chi connectivity index (χ3v) is 5.06. The molecule has 1 saturated heterocycles. The van der Waals surface area contributed by atoms with E-state index in [-0.39, 0.29) is 17.5 Å². The Morgan fingerprint density at radius 3 is 2.55 bits per heavy atom. The number of nitrogens with one attached hydrogen (secondary N) is 1. The highest BCUT2D eigenvalue weighted by molar-refractivity contribution is 7.89. The van der Waals surface area contributed by atoms with E-state index in [4.69, 9.17) is 0 Å². The van der Waals surface area contributed by atoms with Crippen molar-refractivity contribution in [3.8, 4) is 0 Å². The number of piperazine rings is 1. The highest BCUT2D eigenvalue weighted by Gasteiger charge is 2.36. The predicted molar refractivity (Wildman–Crippen MR) is 73.6 cm³/mol. The van der Waals surface area contributed by atoms with Crippen LogP contribution in [0.3, 0.4) is 0 Å². The molecule has 1 aliphatic rings. The summed E-state index contributed by atoms with van der Waals surface area (Å²) in [7, 11) is -2.29. The molecule has 1 aromatic carbocycles. The van der Waals surface area contributed by atoms with Crippen molar-refractivity contribution in [1.82, 2.24) is 9.62 Å². The molecule has 0 saturated carbocycles. The van der Waals surface area contributed by atoms with E-state index < -0.39 is 22.0 Å². The van der Waals surface area contributed by atoms with Gasteiger partial charge in [-0.25, -0.2) is 8.42 Å². The second kappa shape index (κ2) is 5.90. The summed E-state index contributed by atoms with van der Waals surface area (Å²) in [6, 6.07) is 7.46. The van der Waals surface area contributed by atoms with Crippen molar-refractivity contribution in [3.63, 3.8) is 0 Å². The summed E-state index contributed by atoms with van der Waals surface area (Å²) in [6.07, 6.45) is 0. The summed E-state index contributed by atoms with van der Waals surface area (Å²) in [6.45, 7) is 2.24. The summed E-state index contributed by atoms with van der Waals surface area (Å²) in [4.78, 5) is 11.8. The van der Waals surface area contributed by atoms with Crippen LogP contribution in [-0.2, 0) is 19.6 Å². The maximum atomic E-state index is 12.5. The van der Waals surface area contributed by atoms with E-state index in [1.807, 2.05) is 6.92 Å². The molecule has 1 heterocycles. The Morgan fingerprint density at radius 1 is 1.30 bits per heavy atom. The average Bonchev–Trinajstić information content (AvgIpc) is 2.46. The molecule has 6 nitrogen and oxygen atoms in total. The van der Waals surface area contributed by atoms with Gasteiger partial charge in [-0.3, -0.25) is 10.1 Å². The quantitative estimate of drug-likeness (QED) is 0.807. The molecular weight excluding hydrogens is 280 g/mol. The monoisotopic (exact) mass is 298 g/mol. The Kier molecular flexibility index (Phi) is 4.42. The highest BCUT2D eigenvalue weighted by atomic mass is 32.2. The number of benzene rings is 1. The number of sulfonamides is 1. The van der Waals surface area contributed by atoms with Crippen LogP contribution in [0.2, 0.25) is 0 Å². The van der Waals surface area contributed by atoms with E-state index in [1.165, 1.54) is 11.4 Å². The zero-order valence-corrected chi connectivity index (χ0v) is 12.3. The second-order valence-electron chi connectivity index (χ2n) is 4.78. The van der Waals surface area contributed by atoms with Crippen LogP contribution in [0.1, 0.15) is 6.92 Å². The lowest BCUT2D eigenvalue weighted by Gasteiger charge is -2.35. The summed E-state index contributed by atoms with van der Waals surface area (Å²) >= 11 is 0. The van der Waals surface area contributed by atoms with Crippen LogP contribution < -0.4 is 5.32 Å². The van der Waals surface area contributed by atoms with Crippen LogP contribution in [0.5, 0.6) is 0 Å². The minimum Gasteiger partial charge on any atom is -0.468 e. The summed E-state index contributed by atoms with van der Waals surface area (Å²) in [5, 5.41) is 3.04. The van der Waals surface area contributed by atoms with Crippen LogP contribution in [0.4, 0.5) is 0 Å². The standard InChI is InChI=1S/C13H18N2O4S/c1-10-8-15(9-12(14-10)13(16)19-2)20(17,18)11-6-4-3-5-7-11/h3-7,10,12,14H,8-9H2,1-2H3. The molecule has 2 unspecified atom stereocenters. The Morgan fingerprint density at radius 2 is 1.95 bits per heavy atom. The first-order valence-electron chi connectivity index (χ1n) is 6.34. The largest absolute Gasteiger partial charge is 0.468 e. The Labute approximate surface area is 118 Å². The van der Waals surface area contributed by atoms with Gasteiger partial charge in [-0.2, -0.15) is 4.31 Å². The Balaban J connectivity index is 2.25. The predicted octanol–water partition coefficient (Wildman–Crippen LogP) is 0.211. The first-order chi connectivity index (χ1) is 9.45. The Hall–Kier alpha value is -1.44. The molecule has 0 aliphatic carbocycles.